The lowest BCUT2D eigenvalue weighted by Crippen LogP contribution is -2.55. The minimum absolute atomic E-state index is 0.0316. The molecule has 0 saturated heterocycles. The standard InChI is InChI=1S/C20H25FN2O5/c1-12(24)22-17(11-13-6-3-4-9-16(13)21)19(26)23-18(20(27)28-2)14-7-5-8-15(25)10-14/h3-4,6,9,14,17-18H,5,7-8,10-11H2,1-2H3,(H,22,24)(H,23,26)/t14-,17+,18+/m0/s1. The molecule has 1 saturated carbocycles. The van der Waals surface area contributed by atoms with Gasteiger partial charge in [-0.15, -0.1) is 0 Å². The van der Waals surface area contributed by atoms with Crippen molar-refractivity contribution in [1.29, 1.82) is 0 Å². The number of hydrogen-bond acceptors (Lipinski definition) is 5. The number of amides is 2. The van der Waals surface area contributed by atoms with Crippen molar-refractivity contribution in [3.8, 4) is 0 Å². The van der Waals surface area contributed by atoms with Gasteiger partial charge < -0.3 is 15.4 Å². The summed E-state index contributed by atoms with van der Waals surface area (Å²) in [5.74, 6) is -2.58. The summed E-state index contributed by atoms with van der Waals surface area (Å²) in [7, 11) is 1.21. The van der Waals surface area contributed by atoms with Crippen molar-refractivity contribution >= 4 is 23.6 Å². The molecule has 0 heterocycles. The van der Waals surface area contributed by atoms with Crippen LogP contribution in [0.5, 0.6) is 0 Å². The van der Waals surface area contributed by atoms with Crippen LogP contribution in [0.15, 0.2) is 24.3 Å². The third kappa shape index (κ3) is 5.87. The molecule has 0 spiro atoms. The highest BCUT2D eigenvalue weighted by atomic mass is 19.1. The van der Waals surface area contributed by atoms with E-state index in [4.69, 9.17) is 4.74 Å². The number of carbonyl (C=O) groups excluding carboxylic acids is 4. The number of halogens is 1. The molecule has 8 heteroatoms. The van der Waals surface area contributed by atoms with E-state index in [-0.39, 0.29) is 30.1 Å². The summed E-state index contributed by atoms with van der Waals surface area (Å²) in [6.45, 7) is 1.25. The molecule has 1 fully saturated rings. The van der Waals surface area contributed by atoms with E-state index in [2.05, 4.69) is 10.6 Å². The molecule has 0 radical (unpaired) electrons. The highest BCUT2D eigenvalue weighted by Crippen LogP contribution is 2.25. The van der Waals surface area contributed by atoms with Crippen molar-refractivity contribution in [2.24, 2.45) is 5.92 Å². The second-order valence-corrected chi connectivity index (χ2v) is 6.95. The van der Waals surface area contributed by atoms with Crippen LogP contribution in [-0.4, -0.2) is 42.8 Å². The lowest BCUT2D eigenvalue weighted by Gasteiger charge is -2.29. The second-order valence-electron chi connectivity index (χ2n) is 6.95. The SMILES string of the molecule is COC(=O)[C@H](NC(=O)[C@@H](Cc1ccccc1F)NC(C)=O)[C@H]1CCCC(=O)C1. The van der Waals surface area contributed by atoms with Crippen molar-refractivity contribution in [1.82, 2.24) is 10.6 Å². The van der Waals surface area contributed by atoms with Gasteiger partial charge in [0.05, 0.1) is 7.11 Å². The third-order valence-corrected chi connectivity index (χ3v) is 4.82. The first-order chi connectivity index (χ1) is 13.3. The number of rotatable bonds is 7. The highest BCUT2D eigenvalue weighted by Gasteiger charge is 2.35. The average molecular weight is 392 g/mol. The van der Waals surface area contributed by atoms with Gasteiger partial charge in [0.15, 0.2) is 0 Å². The Bertz CT molecular complexity index is 752. The second kappa shape index (κ2) is 9.96. The number of carbonyl (C=O) groups is 4. The van der Waals surface area contributed by atoms with Gasteiger partial charge in [0.25, 0.3) is 0 Å². The van der Waals surface area contributed by atoms with Gasteiger partial charge in [0.2, 0.25) is 11.8 Å². The molecule has 0 unspecified atom stereocenters. The maximum atomic E-state index is 14.0. The van der Waals surface area contributed by atoms with Crippen LogP contribution >= 0.6 is 0 Å². The minimum Gasteiger partial charge on any atom is -0.467 e. The van der Waals surface area contributed by atoms with Crippen molar-refractivity contribution in [3.63, 3.8) is 0 Å². The molecule has 2 amide bonds. The fourth-order valence-corrected chi connectivity index (χ4v) is 3.43. The number of nitrogens with one attached hydrogen (secondary N) is 2. The maximum Gasteiger partial charge on any atom is 0.328 e. The monoisotopic (exact) mass is 392 g/mol. The number of ether oxygens (including phenoxy) is 1. The number of benzene rings is 1. The zero-order valence-corrected chi connectivity index (χ0v) is 16.0. The Morgan fingerprint density at radius 1 is 1.25 bits per heavy atom. The minimum atomic E-state index is -1.07. The summed E-state index contributed by atoms with van der Waals surface area (Å²) in [6.07, 6.45) is 1.80. The molecule has 0 aromatic heterocycles. The van der Waals surface area contributed by atoms with Gasteiger partial charge in [-0.05, 0) is 30.4 Å². The van der Waals surface area contributed by atoms with E-state index in [9.17, 15) is 23.6 Å². The summed E-state index contributed by atoms with van der Waals surface area (Å²) >= 11 is 0. The number of methoxy groups -OCH3 is 1. The topological polar surface area (TPSA) is 102 Å². The molecule has 0 aliphatic heterocycles. The predicted octanol–water partition coefficient (Wildman–Crippen LogP) is 1.29. The maximum absolute atomic E-state index is 14.0. The number of hydrogen-bond donors (Lipinski definition) is 2. The van der Waals surface area contributed by atoms with Crippen LogP contribution in [0.3, 0.4) is 0 Å². The lowest BCUT2D eigenvalue weighted by atomic mass is 9.83. The van der Waals surface area contributed by atoms with Crippen LogP contribution in [-0.2, 0) is 30.3 Å². The molecule has 2 rings (SSSR count). The Hall–Kier alpha value is -2.77. The van der Waals surface area contributed by atoms with Crippen molar-refractivity contribution in [3.05, 3.63) is 35.6 Å². The molecule has 3 atom stereocenters. The van der Waals surface area contributed by atoms with Crippen molar-refractivity contribution in [2.75, 3.05) is 7.11 Å². The molecule has 0 bridgehead atoms. The van der Waals surface area contributed by atoms with Crippen molar-refractivity contribution in [2.45, 2.75) is 51.1 Å². The van der Waals surface area contributed by atoms with Gasteiger partial charge in [-0.3, -0.25) is 14.4 Å². The largest absolute Gasteiger partial charge is 0.467 e. The van der Waals surface area contributed by atoms with Crippen molar-refractivity contribution < 1.29 is 28.3 Å². The van der Waals surface area contributed by atoms with Crippen LogP contribution in [0.2, 0.25) is 0 Å². The fraction of sp³-hybridized carbons (Fsp3) is 0.500. The molecule has 2 N–H and O–H groups in total. The predicted molar refractivity (Wildman–Crippen MR) is 98.6 cm³/mol. The van der Waals surface area contributed by atoms with Crippen LogP contribution in [0.4, 0.5) is 4.39 Å². The van der Waals surface area contributed by atoms with Gasteiger partial charge in [0.1, 0.15) is 23.7 Å². The number of ketones is 1. The zero-order chi connectivity index (χ0) is 20.7. The molecule has 1 aliphatic rings. The van der Waals surface area contributed by atoms with E-state index in [1.165, 1.54) is 32.2 Å². The van der Waals surface area contributed by atoms with E-state index in [0.29, 0.717) is 19.3 Å². The summed E-state index contributed by atoms with van der Waals surface area (Å²) in [6, 6.07) is 3.88. The van der Waals surface area contributed by atoms with Crippen LogP contribution < -0.4 is 10.6 Å². The van der Waals surface area contributed by atoms with E-state index in [1.54, 1.807) is 6.07 Å². The third-order valence-electron chi connectivity index (χ3n) is 4.82. The van der Waals surface area contributed by atoms with Gasteiger partial charge in [-0.25, -0.2) is 9.18 Å². The smallest absolute Gasteiger partial charge is 0.328 e. The number of esters is 1. The molecule has 152 valence electrons. The molecule has 1 aromatic rings. The van der Waals surface area contributed by atoms with Gasteiger partial charge >= 0.3 is 5.97 Å². The van der Waals surface area contributed by atoms with Crippen LogP contribution in [0.25, 0.3) is 0 Å². The quantitative estimate of drug-likeness (QED) is 0.681. The highest BCUT2D eigenvalue weighted by molar-refractivity contribution is 5.91. The van der Waals surface area contributed by atoms with Gasteiger partial charge in [0, 0.05) is 26.2 Å². The first-order valence-electron chi connectivity index (χ1n) is 9.22. The Kier molecular flexibility index (Phi) is 7.66. The fourth-order valence-electron chi connectivity index (χ4n) is 3.43. The van der Waals surface area contributed by atoms with E-state index < -0.39 is 35.7 Å². The summed E-state index contributed by atoms with van der Waals surface area (Å²) in [5, 5.41) is 5.09. The first kappa shape index (κ1) is 21.5. The van der Waals surface area contributed by atoms with E-state index in [1.807, 2.05) is 0 Å². The normalized spacial score (nSPS) is 18.7. The molecule has 1 aliphatic carbocycles. The Morgan fingerprint density at radius 2 is 1.96 bits per heavy atom. The lowest BCUT2D eigenvalue weighted by molar-refractivity contribution is -0.147. The Balaban J connectivity index is 2.18. The van der Waals surface area contributed by atoms with Crippen LogP contribution in [0, 0.1) is 11.7 Å². The Labute approximate surface area is 163 Å². The molecular weight excluding hydrogens is 367 g/mol. The van der Waals surface area contributed by atoms with E-state index >= 15 is 0 Å². The molecule has 7 nitrogen and oxygen atoms in total. The zero-order valence-electron chi connectivity index (χ0n) is 16.0. The molecule has 1 aromatic carbocycles. The molecular formula is C20H25FN2O5. The summed E-state index contributed by atoms with van der Waals surface area (Å²) in [5.41, 5.74) is 0.263. The van der Waals surface area contributed by atoms with Crippen LogP contribution in [0.1, 0.15) is 38.2 Å². The van der Waals surface area contributed by atoms with E-state index in [0.717, 1.165) is 0 Å². The van der Waals surface area contributed by atoms with Gasteiger partial charge in [-0.2, -0.15) is 0 Å². The number of Topliss-reactive ketones (excluding diaryl/α,β-unsaturated/α-hetero) is 1. The summed E-state index contributed by atoms with van der Waals surface area (Å²) < 4.78 is 18.8. The average Bonchev–Trinajstić information content (AvgIpc) is 2.66. The molecule has 28 heavy (non-hydrogen) atoms. The Morgan fingerprint density at radius 3 is 2.57 bits per heavy atom. The van der Waals surface area contributed by atoms with Gasteiger partial charge in [-0.1, -0.05) is 18.2 Å². The first-order valence-corrected chi connectivity index (χ1v) is 9.22. The summed E-state index contributed by atoms with van der Waals surface area (Å²) in [4.78, 5) is 48.3.